The number of aromatic amines is 1. The predicted octanol–water partition coefficient (Wildman–Crippen LogP) is 2.85. The average Bonchev–Trinajstić information content (AvgIpc) is 3.35. The monoisotopic (exact) mass is 515 g/mol. The largest absolute Gasteiger partial charge is 0.480 e. The molecule has 0 aliphatic carbocycles. The van der Waals surface area contributed by atoms with Crippen molar-refractivity contribution in [3.05, 3.63) is 99.0 Å². The molecule has 194 valence electrons. The first kappa shape index (κ1) is 25.9. The third-order valence-electron chi connectivity index (χ3n) is 5.65. The topological polar surface area (TPSA) is 173 Å². The number of anilines is 1. The molecule has 38 heavy (non-hydrogen) atoms. The Labute approximate surface area is 215 Å². The SMILES string of the molecule is CC.Nc1ccc2[nH]c(=O)n(-c3ccc(CC(NC(=O)c4nc5ccccc5o4)C(=O)O)cc3)c(=O)c2c1. The van der Waals surface area contributed by atoms with Gasteiger partial charge < -0.3 is 25.6 Å². The van der Waals surface area contributed by atoms with E-state index in [1.165, 1.54) is 18.2 Å². The highest BCUT2D eigenvalue weighted by atomic mass is 16.4. The van der Waals surface area contributed by atoms with E-state index in [0.717, 1.165) is 4.57 Å². The number of hydrogen-bond acceptors (Lipinski definition) is 7. The molecule has 5 rings (SSSR count). The number of aromatic nitrogens is 3. The van der Waals surface area contributed by atoms with Crippen molar-refractivity contribution in [1.82, 2.24) is 19.9 Å². The van der Waals surface area contributed by atoms with Crippen molar-refractivity contribution in [3.63, 3.8) is 0 Å². The summed E-state index contributed by atoms with van der Waals surface area (Å²) in [4.78, 5) is 56.5. The van der Waals surface area contributed by atoms with Crippen LogP contribution in [0.4, 0.5) is 5.69 Å². The van der Waals surface area contributed by atoms with Gasteiger partial charge in [0.2, 0.25) is 0 Å². The summed E-state index contributed by atoms with van der Waals surface area (Å²) in [6, 6.07) is 16.3. The van der Waals surface area contributed by atoms with E-state index in [-0.39, 0.29) is 23.4 Å². The molecule has 0 aliphatic rings. The number of rotatable bonds is 6. The van der Waals surface area contributed by atoms with Gasteiger partial charge in [0.15, 0.2) is 5.58 Å². The van der Waals surface area contributed by atoms with Crippen LogP contribution >= 0.6 is 0 Å². The molecule has 0 spiro atoms. The van der Waals surface area contributed by atoms with Gasteiger partial charge in [-0.25, -0.2) is 19.1 Å². The van der Waals surface area contributed by atoms with E-state index in [1.54, 1.807) is 48.5 Å². The molecule has 1 amide bonds. The number of nitrogen functional groups attached to an aromatic ring is 1. The lowest BCUT2D eigenvalue weighted by Crippen LogP contribution is -2.42. The summed E-state index contributed by atoms with van der Waals surface area (Å²) < 4.78 is 6.36. The molecule has 2 heterocycles. The number of H-pyrrole nitrogens is 1. The first-order valence-electron chi connectivity index (χ1n) is 11.8. The van der Waals surface area contributed by atoms with E-state index in [1.807, 2.05) is 13.8 Å². The molecule has 1 unspecified atom stereocenters. The Morgan fingerprint density at radius 3 is 2.47 bits per heavy atom. The number of carboxylic acids is 1. The van der Waals surface area contributed by atoms with E-state index in [0.29, 0.717) is 27.9 Å². The third-order valence-corrected chi connectivity index (χ3v) is 5.65. The number of carbonyl (C=O) groups is 2. The maximum absolute atomic E-state index is 12.9. The highest BCUT2D eigenvalue weighted by Crippen LogP contribution is 2.16. The Hall–Kier alpha value is -5.19. The van der Waals surface area contributed by atoms with Crippen LogP contribution in [0.1, 0.15) is 30.1 Å². The number of para-hydroxylation sites is 2. The van der Waals surface area contributed by atoms with E-state index in [4.69, 9.17) is 10.2 Å². The molecule has 0 bridgehead atoms. The normalized spacial score (nSPS) is 11.5. The molecule has 11 nitrogen and oxygen atoms in total. The fourth-order valence-electron chi connectivity index (χ4n) is 3.87. The van der Waals surface area contributed by atoms with Crippen molar-refractivity contribution >= 4 is 39.6 Å². The number of amides is 1. The smallest absolute Gasteiger partial charge is 0.333 e. The van der Waals surface area contributed by atoms with Crippen LogP contribution < -0.4 is 22.3 Å². The standard InChI is InChI=1S/C25H19N5O6.C2H6/c26-14-7-10-17-16(12-14)23(32)30(25(35)29-17)15-8-5-13(6-9-15)11-19(24(33)34)27-21(31)22-28-18-3-1-2-4-20(18)36-22;1-2/h1-10,12,19H,11,26H2,(H,27,31)(H,29,35)(H,33,34);1-2H3. The molecule has 5 aromatic rings. The summed E-state index contributed by atoms with van der Waals surface area (Å²) in [6.07, 6.45) is -0.0545. The van der Waals surface area contributed by atoms with Gasteiger partial charge in [-0.2, -0.15) is 0 Å². The van der Waals surface area contributed by atoms with Crippen molar-refractivity contribution in [2.45, 2.75) is 26.3 Å². The summed E-state index contributed by atoms with van der Waals surface area (Å²) in [6.45, 7) is 4.00. The van der Waals surface area contributed by atoms with Gasteiger partial charge in [-0.1, -0.05) is 38.1 Å². The lowest BCUT2D eigenvalue weighted by molar-refractivity contribution is -0.139. The molecule has 1 atom stereocenters. The van der Waals surface area contributed by atoms with Gasteiger partial charge in [0.1, 0.15) is 11.6 Å². The molecule has 0 fully saturated rings. The summed E-state index contributed by atoms with van der Waals surface area (Å²) in [7, 11) is 0. The van der Waals surface area contributed by atoms with Gasteiger partial charge in [-0.3, -0.25) is 9.59 Å². The molecular weight excluding hydrogens is 490 g/mol. The van der Waals surface area contributed by atoms with Crippen LogP contribution in [0, 0.1) is 0 Å². The summed E-state index contributed by atoms with van der Waals surface area (Å²) in [5.74, 6) is -2.25. The van der Waals surface area contributed by atoms with Crippen molar-refractivity contribution < 1.29 is 19.1 Å². The first-order valence-corrected chi connectivity index (χ1v) is 11.8. The number of oxazole rings is 1. The van der Waals surface area contributed by atoms with Crippen LogP contribution in [0.25, 0.3) is 27.7 Å². The van der Waals surface area contributed by atoms with Gasteiger partial charge in [0.25, 0.3) is 11.4 Å². The first-order chi connectivity index (χ1) is 18.3. The number of aliphatic carboxylic acids is 1. The summed E-state index contributed by atoms with van der Waals surface area (Å²) >= 11 is 0. The lowest BCUT2D eigenvalue weighted by atomic mass is 10.1. The third kappa shape index (κ3) is 5.16. The molecule has 11 heteroatoms. The zero-order chi connectivity index (χ0) is 27.4. The molecular formula is C27H25N5O6. The second kappa shape index (κ2) is 10.8. The highest BCUT2D eigenvalue weighted by molar-refractivity contribution is 5.94. The van der Waals surface area contributed by atoms with Crippen molar-refractivity contribution in [2.24, 2.45) is 0 Å². The van der Waals surface area contributed by atoms with Crippen LogP contribution in [-0.2, 0) is 11.2 Å². The van der Waals surface area contributed by atoms with Gasteiger partial charge in [-0.15, -0.1) is 0 Å². The Bertz CT molecular complexity index is 1720. The Balaban J connectivity index is 0.00000164. The number of nitrogens with one attached hydrogen (secondary N) is 2. The fraction of sp³-hybridized carbons (Fsp3) is 0.148. The maximum atomic E-state index is 12.9. The van der Waals surface area contributed by atoms with E-state index < -0.39 is 29.2 Å². The molecule has 2 aromatic heterocycles. The highest BCUT2D eigenvalue weighted by Gasteiger charge is 2.24. The Morgan fingerprint density at radius 1 is 1.08 bits per heavy atom. The lowest BCUT2D eigenvalue weighted by Gasteiger charge is -2.14. The summed E-state index contributed by atoms with van der Waals surface area (Å²) in [5, 5.41) is 12.3. The van der Waals surface area contributed by atoms with Crippen LogP contribution in [0.15, 0.2) is 80.7 Å². The molecule has 5 N–H and O–H groups in total. The minimum Gasteiger partial charge on any atom is -0.480 e. The molecule has 0 saturated carbocycles. The van der Waals surface area contributed by atoms with Crippen LogP contribution in [0.3, 0.4) is 0 Å². The van der Waals surface area contributed by atoms with Gasteiger partial charge in [0.05, 0.1) is 16.6 Å². The second-order valence-electron chi connectivity index (χ2n) is 8.10. The van der Waals surface area contributed by atoms with E-state index >= 15 is 0 Å². The number of nitrogens with zero attached hydrogens (tertiary/aromatic N) is 2. The van der Waals surface area contributed by atoms with E-state index in [2.05, 4.69) is 15.3 Å². The minimum absolute atomic E-state index is 0.0545. The number of fused-ring (bicyclic) bond motifs is 2. The van der Waals surface area contributed by atoms with Crippen LogP contribution in [0.2, 0.25) is 0 Å². The van der Waals surface area contributed by atoms with E-state index in [9.17, 15) is 24.3 Å². The zero-order valence-electron chi connectivity index (χ0n) is 20.6. The number of benzene rings is 3. The molecule has 3 aromatic carbocycles. The number of hydrogen-bond donors (Lipinski definition) is 4. The van der Waals surface area contributed by atoms with Crippen molar-refractivity contribution in [3.8, 4) is 5.69 Å². The van der Waals surface area contributed by atoms with Gasteiger partial charge >= 0.3 is 17.6 Å². The minimum atomic E-state index is -1.27. The van der Waals surface area contributed by atoms with Gasteiger partial charge in [0, 0.05) is 12.1 Å². The van der Waals surface area contributed by atoms with Crippen LogP contribution in [-0.4, -0.2) is 37.6 Å². The molecule has 0 saturated heterocycles. The molecule has 0 aliphatic heterocycles. The quantitative estimate of drug-likeness (QED) is 0.250. The fourth-order valence-corrected chi connectivity index (χ4v) is 3.87. The number of nitrogens with two attached hydrogens (primary N) is 1. The zero-order valence-corrected chi connectivity index (χ0v) is 20.6. The Kier molecular flexibility index (Phi) is 7.38. The Morgan fingerprint density at radius 2 is 1.79 bits per heavy atom. The van der Waals surface area contributed by atoms with Gasteiger partial charge in [-0.05, 0) is 48.0 Å². The molecule has 0 radical (unpaired) electrons. The van der Waals surface area contributed by atoms with Crippen LogP contribution in [0.5, 0.6) is 0 Å². The number of carbonyl (C=O) groups excluding carboxylic acids is 1. The maximum Gasteiger partial charge on any atom is 0.333 e. The van der Waals surface area contributed by atoms with Crippen molar-refractivity contribution in [2.75, 3.05) is 5.73 Å². The second-order valence-corrected chi connectivity index (χ2v) is 8.10. The predicted molar refractivity (Wildman–Crippen MR) is 143 cm³/mol. The average molecular weight is 516 g/mol. The summed E-state index contributed by atoms with van der Waals surface area (Å²) in [5.41, 5.74) is 7.09. The number of carboxylic acid groups (broad SMARTS) is 1. The van der Waals surface area contributed by atoms with Crippen molar-refractivity contribution in [1.29, 1.82) is 0 Å².